The smallest absolute Gasteiger partial charge is 0.267 e. The third kappa shape index (κ3) is 4.65. The summed E-state index contributed by atoms with van der Waals surface area (Å²) in [5.74, 6) is 0.890. The lowest BCUT2D eigenvalue weighted by atomic mass is 9.85. The van der Waals surface area contributed by atoms with E-state index in [-0.39, 0.29) is 11.6 Å². The summed E-state index contributed by atoms with van der Waals surface area (Å²) in [7, 11) is 0. The van der Waals surface area contributed by atoms with Gasteiger partial charge in [-0.3, -0.25) is 4.79 Å². The second-order valence-corrected chi connectivity index (χ2v) is 8.33. The van der Waals surface area contributed by atoms with E-state index in [1.165, 1.54) is 12.8 Å². The van der Waals surface area contributed by atoms with E-state index in [1.807, 2.05) is 19.9 Å². The molecule has 0 aromatic carbocycles. The molecule has 1 atom stereocenters. The lowest BCUT2D eigenvalue weighted by molar-refractivity contribution is 0.00469. The molecule has 6 heteroatoms. The van der Waals surface area contributed by atoms with Crippen molar-refractivity contribution < 1.29 is 5.11 Å². The van der Waals surface area contributed by atoms with Crippen molar-refractivity contribution in [2.45, 2.75) is 82.9 Å². The molecule has 3 rings (SSSR count). The van der Waals surface area contributed by atoms with Gasteiger partial charge < -0.3 is 15.3 Å². The maximum atomic E-state index is 12.0. The number of piperidine rings is 1. The van der Waals surface area contributed by atoms with Gasteiger partial charge in [-0.2, -0.15) is 5.10 Å². The number of nitrogens with one attached hydrogen (secondary N) is 1. The first kappa shape index (κ1) is 19.4. The third-order valence-electron chi connectivity index (χ3n) is 5.84. The first-order valence-electron chi connectivity index (χ1n) is 10.3. The molecule has 2 heterocycles. The third-order valence-corrected chi connectivity index (χ3v) is 5.84. The Hall–Kier alpha value is -1.40. The Morgan fingerprint density at radius 2 is 2.00 bits per heavy atom. The summed E-state index contributed by atoms with van der Waals surface area (Å²) in [6.07, 6.45) is 8.83. The lowest BCUT2D eigenvalue weighted by Crippen LogP contribution is -2.50. The van der Waals surface area contributed by atoms with Crippen molar-refractivity contribution in [1.82, 2.24) is 15.1 Å². The Bertz CT molecular complexity index is 637. The van der Waals surface area contributed by atoms with Gasteiger partial charge in [0.2, 0.25) is 0 Å². The monoisotopic (exact) mass is 362 g/mol. The summed E-state index contributed by atoms with van der Waals surface area (Å²) in [6, 6.07) is 3.91. The van der Waals surface area contributed by atoms with Gasteiger partial charge in [0, 0.05) is 31.7 Å². The maximum Gasteiger partial charge on any atom is 0.267 e. The van der Waals surface area contributed by atoms with Crippen LogP contribution in [0.2, 0.25) is 0 Å². The van der Waals surface area contributed by atoms with Crippen LogP contribution in [0.3, 0.4) is 0 Å². The Labute approximate surface area is 156 Å². The molecule has 0 amide bonds. The van der Waals surface area contributed by atoms with Crippen LogP contribution in [0, 0.1) is 0 Å². The Balaban J connectivity index is 1.64. The highest BCUT2D eigenvalue weighted by Gasteiger charge is 2.30. The van der Waals surface area contributed by atoms with Gasteiger partial charge in [0.1, 0.15) is 5.82 Å². The Kier molecular flexibility index (Phi) is 6.35. The van der Waals surface area contributed by atoms with Crippen LogP contribution in [0.5, 0.6) is 0 Å². The van der Waals surface area contributed by atoms with Crippen LogP contribution in [0.25, 0.3) is 0 Å². The van der Waals surface area contributed by atoms with Crippen LogP contribution in [0.15, 0.2) is 16.9 Å². The summed E-state index contributed by atoms with van der Waals surface area (Å²) in [5.41, 5.74) is -0.573. The second kappa shape index (κ2) is 8.53. The highest BCUT2D eigenvalue weighted by atomic mass is 16.3. The normalized spacial score (nSPS) is 23.4. The number of anilines is 1. The molecular formula is C20H34N4O2. The van der Waals surface area contributed by atoms with Crippen molar-refractivity contribution in [3.63, 3.8) is 0 Å². The molecule has 1 aliphatic heterocycles. The van der Waals surface area contributed by atoms with E-state index in [0.29, 0.717) is 12.6 Å². The Morgan fingerprint density at radius 3 is 2.73 bits per heavy atom. The largest absolute Gasteiger partial charge is 0.389 e. The van der Waals surface area contributed by atoms with Crippen molar-refractivity contribution in [2.75, 3.05) is 24.5 Å². The SMILES string of the molecule is CC(C)n1nc(N2CCCCC2CNCC2(O)CCCCC2)ccc1=O. The molecule has 0 bridgehead atoms. The van der Waals surface area contributed by atoms with Gasteiger partial charge >= 0.3 is 0 Å². The van der Waals surface area contributed by atoms with E-state index in [2.05, 4.69) is 15.3 Å². The van der Waals surface area contributed by atoms with Crippen molar-refractivity contribution in [1.29, 1.82) is 0 Å². The van der Waals surface area contributed by atoms with Crippen LogP contribution >= 0.6 is 0 Å². The predicted molar refractivity (Wildman–Crippen MR) is 105 cm³/mol. The number of aromatic nitrogens is 2. The molecule has 146 valence electrons. The Morgan fingerprint density at radius 1 is 1.23 bits per heavy atom. The summed E-state index contributed by atoms with van der Waals surface area (Å²) < 4.78 is 1.57. The average molecular weight is 363 g/mol. The fourth-order valence-electron chi connectivity index (χ4n) is 4.31. The molecule has 26 heavy (non-hydrogen) atoms. The van der Waals surface area contributed by atoms with Crippen LogP contribution in [0.4, 0.5) is 5.82 Å². The van der Waals surface area contributed by atoms with Crippen molar-refractivity contribution in [3.8, 4) is 0 Å². The van der Waals surface area contributed by atoms with Crippen LogP contribution < -0.4 is 15.8 Å². The molecule has 1 aromatic heterocycles. The lowest BCUT2D eigenvalue weighted by Gasteiger charge is -2.38. The number of rotatable bonds is 6. The maximum absolute atomic E-state index is 12.0. The van der Waals surface area contributed by atoms with Gasteiger partial charge in [-0.05, 0) is 52.0 Å². The average Bonchev–Trinajstić information content (AvgIpc) is 2.63. The molecule has 1 aliphatic carbocycles. The minimum atomic E-state index is -0.527. The zero-order chi connectivity index (χ0) is 18.6. The first-order chi connectivity index (χ1) is 12.5. The summed E-state index contributed by atoms with van der Waals surface area (Å²) >= 11 is 0. The minimum Gasteiger partial charge on any atom is -0.389 e. The minimum absolute atomic E-state index is 0.0463. The highest BCUT2D eigenvalue weighted by molar-refractivity contribution is 5.39. The molecule has 6 nitrogen and oxygen atoms in total. The number of aliphatic hydroxyl groups is 1. The molecule has 1 aromatic rings. The fourth-order valence-corrected chi connectivity index (χ4v) is 4.31. The molecule has 2 aliphatic rings. The summed E-state index contributed by atoms with van der Waals surface area (Å²) in [6.45, 7) is 6.47. The molecule has 1 unspecified atom stereocenters. The topological polar surface area (TPSA) is 70.4 Å². The van der Waals surface area contributed by atoms with Gasteiger partial charge in [-0.1, -0.05) is 19.3 Å². The van der Waals surface area contributed by atoms with Crippen molar-refractivity contribution >= 4 is 5.82 Å². The van der Waals surface area contributed by atoms with E-state index in [1.54, 1.807) is 10.7 Å². The van der Waals surface area contributed by atoms with Crippen LogP contribution in [0.1, 0.15) is 71.3 Å². The molecule has 2 N–H and O–H groups in total. The zero-order valence-corrected chi connectivity index (χ0v) is 16.3. The van der Waals surface area contributed by atoms with Gasteiger partial charge in [0.25, 0.3) is 5.56 Å². The molecular weight excluding hydrogens is 328 g/mol. The first-order valence-corrected chi connectivity index (χ1v) is 10.3. The van der Waals surface area contributed by atoms with Gasteiger partial charge in [-0.15, -0.1) is 0 Å². The number of hydrogen-bond acceptors (Lipinski definition) is 5. The van der Waals surface area contributed by atoms with Crippen molar-refractivity contribution in [2.24, 2.45) is 0 Å². The number of nitrogens with zero attached hydrogens (tertiary/aromatic N) is 3. The van der Waals surface area contributed by atoms with Gasteiger partial charge in [0.15, 0.2) is 0 Å². The molecule has 0 spiro atoms. The van der Waals surface area contributed by atoms with Crippen LogP contribution in [-0.2, 0) is 0 Å². The quantitative estimate of drug-likeness (QED) is 0.813. The van der Waals surface area contributed by atoms with Crippen molar-refractivity contribution in [3.05, 3.63) is 22.5 Å². The van der Waals surface area contributed by atoms with Crippen LogP contribution in [-0.4, -0.2) is 46.2 Å². The van der Waals surface area contributed by atoms with E-state index in [4.69, 9.17) is 0 Å². The van der Waals surface area contributed by atoms with E-state index in [0.717, 1.165) is 57.4 Å². The predicted octanol–water partition coefficient (Wildman–Crippen LogP) is 2.47. The zero-order valence-electron chi connectivity index (χ0n) is 16.3. The van der Waals surface area contributed by atoms with E-state index >= 15 is 0 Å². The standard InChI is InChI=1S/C20H34N4O2/c1-16(2)24-19(25)10-9-18(22-24)23-13-7-4-8-17(23)14-21-15-20(26)11-5-3-6-12-20/h9-10,16-17,21,26H,3-8,11-15H2,1-2H3. The van der Waals surface area contributed by atoms with E-state index < -0.39 is 5.60 Å². The van der Waals surface area contributed by atoms with Gasteiger partial charge in [0.05, 0.1) is 11.6 Å². The van der Waals surface area contributed by atoms with E-state index in [9.17, 15) is 9.90 Å². The number of hydrogen-bond donors (Lipinski definition) is 2. The summed E-state index contributed by atoms with van der Waals surface area (Å²) in [4.78, 5) is 14.3. The molecule has 2 fully saturated rings. The second-order valence-electron chi connectivity index (χ2n) is 8.33. The molecule has 0 radical (unpaired) electrons. The fraction of sp³-hybridized carbons (Fsp3) is 0.800. The highest BCUT2D eigenvalue weighted by Crippen LogP contribution is 2.27. The molecule has 1 saturated heterocycles. The molecule has 1 saturated carbocycles. The van der Waals surface area contributed by atoms with Gasteiger partial charge in [-0.25, -0.2) is 4.68 Å². The summed E-state index contributed by atoms with van der Waals surface area (Å²) in [5, 5.41) is 18.8.